The minimum absolute atomic E-state index is 0.0354. The Morgan fingerprint density at radius 3 is 2.39 bits per heavy atom. The number of hydrogen-bond donors (Lipinski definition) is 1. The molecule has 1 unspecified atom stereocenters. The second-order valence-electron chi connectivity index (χ2n) is 9.04. The second kappa shape index (κ2) is 9.83. The van der Waals surface area contributed by atoms with Gasteiger partial charge in [-0.15, -0.1) is 0 Å². The van der Waals surface area contributed by atoms with Crippen LogP contribution in [0.25, 0.3) is 0 Å². The molecule has 0 radical (unpaired) electrons. The molecule has 1 fully saturated rings. The van der Waals surface area contributed by atoms with Crippen molar-refractivity contribution in [3.05, 3.63) is 64.8 Å². The molecule has 4 rings (SSSR count). The van der Waals surface area contributed by atoms with Crippen LogP contribution >= 0.6 is 0 Å². The van der Waals surface area contributed by atoms with E-state index < -0.39 is 23.5 Å². The summed E-state index contributed by atoms with van der Waals surface area (Å²) in [4.78, 5) is 30.4. The first-order chi connectivity index (χ1) is 15.8. The Hall–Kier alpha value is -3.06. The molecular formula is C26H32N2O5. The van der Waals surface area contributed by atoms with Crippen molar-refractivity contribution < 1.29 is 23.8 Å². The van der Waals surface area contributed by atoms with E-state index in [9.17, 15) is 14.7 Å². The fourth-order valence-electron chi connectivity index (χ4n) is 4.59. The zero-order valence-electron chi connectivity index (χ0n) is 19.5. The third kappa shape index (κ3) is 4.98. The van der Waals surface area contributed by atoms with Crippen molar-refractivity contribution in [1.29, 1.82) is 0 Å². The number of piperidine rings is 1. The van der Waals surface area contributed by atoms with E-state index in [2.05, 4.69) is 4.90 Å². The Morgan fingerprint density at radius 1 is 1.09 bits per heavy atom. The van der Waals surface area contributed by atoms with Gasteiger partial charge < -0.3 is 24.1 Å². The summed E-state index contributed by atoms with van der Waals surface area (Å²) in [5.74, 6) is -0.0742. The summed E-state index contributed by atoms with van der Waals surface area (Å²) in [6, 6.07) is 9.95. The number of Topliss-reactive ketones (excluding diaryl/α,β-unsaturated/α-hetero) is 1. The fraction of sp³-hybridized carbons (Fsp3) is 0.462. The highest BCUT2D eigenvalue weighted by molar-refractivity contribution is 6.15. The number of likely N-dealkylation sites (tertiary alicyclic amines) is 1. The lowest BCUT2D eigenvalue weighted by Gasteiger charge is -2.31. The molecule has 0 saturated carbocycles. The molecule has 1 aromatic carbocycles. The largest absolute Gasteiger partial charge is 0.503 e. The molecule has 1 atom stereocenters. The van der Waals surface area contributed by atoms with E-state index in [1.54, 1.807) is 24.0 Å². The normalized spacial score (nSPS) is 19.6. The van der Waals surface area contributed by atoms with Crippen LogP contribution in [0.3, 0.4) is 0 Å². The van der Waals surface area contributed by atoms with Crippen LogP contribution in [0.1, 0.15) is 61.0 Å². The van der Waals surface area contributed by atoms with Crippen molar-refractivity contribution in [3.8, 4) is 5.75 Å². The number of carbonyl (C=O) groups excluding carboxylic acids is 2. The molecule has 0 bridgehead atoms. The highest BCUT2D eigenvalue weighted by Gasteiger charge is 2.44. The first kappa shape index (κ1) is 23.1. The van der Waals surface area contributed by atoms with Crippen molar-refractivity contribution >= 4 is 11.7 Å². The molecule has 1 saturated heterocycles. The number of rotatable bonds is 8. The number of furan rings is 1. The first-order valence-corrected chi connectivity index (χ1v) is 11.7. The van der Waals surface area contributed by atoms with Gasteiger partial charge in [-0.05, 0) is 76.5 Å². The molecule has 176 valence electrons. The lowest BCUT2D eigenvalue weighted by Crippen LogP contribution is -2.40. The Labute approximate surface area is 194 Å². The van der Waals surface area contributed by atoms with Crippen molar-refractivity contribution in [2.75, 3.05) is 26.2 Å². The van der Waals surface area contributed by atoms with Gasteiger partial charge in [0.15, 0.2) is 11.5 Å². The Balaban J connectivity index is 1.65. The smallest absolute Gasteiger partial charge is 0.290 e. The topological polar surface area (TPSA) is 83.2 Å². The predicted octanol–water partition coefficient (Wildman–Crippen LogP) is 4.44. The number of aryl methyl sites for hydroxylation is 1. The van der Waals surface area contributed by atoms with Gasteiger partial charge in [0, 0.05) is 13.1 Å². The lowest BCUT2D eigenvalue weighted by atomic mass is 9.95. The summed E-state index contributed by atoms with van der Waals surface area (Å²) in [6.45, 7) is 8.79. The van der Waals surface area contributed by atoms with E-state index in [1.165, 1.54) is 6.42 Å². The third-order valence-corrected chi connectivity index (χ3v) is 6.19. The van der Waals surface area contributed by atoms with Crippen molar-refractivity contribution in [2.24, 2.45) is 0 Å². The maximum absolute atomic E-state index is 13.3. The number of ketones is 1. The van der Waals surface area contributed by atoms with E-state index in [0.717, 1.165) is 31.5 Å². The molecule has 3 heterocycles. The number of hydrogen-bond acceptors (Lipinski definition) is 6. The third-order valence-electron chi connectivity index (χ3n) is 6.19. The molecule has 0 aliphatic carbocycles. The second-order valence-corrected chi connectivity index (χ2v) is 9.04. The predicted molar refractivity (Wildman–Crippen MR) is 124 cm³/mol. The molecular weight excluding hydrogens is 420 g/mol. The van der Waals surface area contributed by atoms with Gasteiger partial charge in [0.2, 0.25) is 5.78 Å². The van der Waals surface area contributed by atoms with Crippen LogP contribution in [0.15, 0.2) is 52.1 Å². The van der Waals surface area contributed by atoms with Gasteiger partial charge >= 0.3 is 0 Å². The van der Waals surface area contributed by atoms with Gasteiger partial charge in [0.05, 0.1) is 17.7 Å². The zero-order valence-corrected chi connectivity index (χ0v) is 19.5. The summed E-state index contributed by atoms with van der Waals surface area (Å²) < 4.78 is 11.3. The van der Waals surface area contributed by atoms with Crippen molar-refractivity contribution in [2.45, 2.75) is 52.2 Å². The van der Waals surface area contributed by atoms with Crippen LogP contribution in [0.4, 0.5) is 0 Å². The quantitative estimate of drug-likeness (QED) is 0.596. The standard InChI is InChI=1S/C26H32N2O5/c1-17(2)32-20-10-8-19(9-11-20)23-22(24(29)21-12-7-18(3)33-21)25(30)26(31)28(23)16-15-27-13-5-4-6-14-27/h7-12,17,23,30H,4-6,13-16H2,1-3H3. The molecule has 1 aromatic heterocycles. The van der Waals surface area contributed by atoms with Crippen molar-refractivity contribution in [1.82, 2.24) is 9.80 Å². The Morgan fingerprint density at radius 2 is 1.79 bits per heavy atom. The maximum atomic E-state index is 13.3. The SMILES string of the molecule is Cc1ccc(C(=O)C2=C(O)C(=O)N(CCN3CCCCC3)C2c2ccc(OC(C)C)cc2)o1. The van der Waals surface area contributed by atoms with E-state index in [0.29, 0.717) is 24.6 Å². The monoisotopic (exact) mass is 452 g/mol. The molecule has 33 heavy (non-hydrogen) atoms. The van der Waals surface area contributed by atoms with E-state index in [1.807, 2.05) is 38.1 Å². The summed E-state index contributed by atoms with van der Waals surface area (Å²) in [5, 5.41) is 10.8. The fourth-order valence-corrected chi connectivity index (χ4v) is 4.59. The van der Waals surface area contributed by atoms with Gasteiger partial charge in [0.1, 0.15) is 11.5 Å². The van der Waals surface area contributed by atoms with Gasteiger partial charge in [0.25, 0.3) is 5.91 Å². The number of benzene rings is 1. The van der Waals surface area contributed by atoms with E-state index >= 15 is 0 Å². The van der Waals surface area contributed by atoms with Crippen LogP contribution in [0.5, 0.6) is 5.75 Å². The molecule has 7 nitrogen and oxygen atoms in total. The molecule has 2 aliphatic heterocycles. The number of amides is 1. The van der Waals surface area contributed by atoms with E-state index in [4.69, 9.17) is 9.15 Å². The number of nitrogens with zero attached hydrogens (tertiary/aromatic N) is 2. The van der Waals surface area contributed by atoms with Crippen LogP contribution in [-0.4, -0.2) is 58.9 Å². The molecule has 2 aromatic rings. The van der Waals surface area contributed by atoms with E-state index in [-0.39, 0.29) is 17.4 Å². The summed E-state index contributed by atoms with van der Waals surface area (Å²) in [5.41, 5.74) is 0.805. The van der Waals surface area contributed by atoms with Crippen LogP contribution in [-0.2, 0) is 4.79 Å². The molecule has 2 aliphatic rings. The summed E-state index contributed by atoms with van der Waals surface area (Å²) >= 11 is 0. The molecule has 1 N–H and O–H groups in total. The summed E-state index contributed by atoms with van der Waals surface area (Å²) in [6.07, 6.45) is 3.57. The molecule has 7 heteroatoms. The van der Waals surface area contributed by atoms with Gasteiger partial charge in [-0.2, -0.15) is 0 Å². The number of ether oxygens (including phenoxy) is 1. The zero-order chi connectivity index (χ0) is 23.5. The number of carbonyl (C=O) groups is 2. The van der Waals surface area contributed by atoms with Gasteiger partial charge in [-0.3, -0.25) is 9.59 Å². The van der Waals surface area contributed by atoms with Gasteiger partial charge in [-0.1, -0.05) is 18.6 Å². The van der Waals surface area contributed by atoms with Crippen LogP contribution in [0, 0.1) is 6.92 Å². The molecule has 0 spiro atoms. The van der Waals surface area contributed by atoms with Crippen molar-refractivity contribution in [3.63, 3.8) is 0 Å². The summed E-state index contributed by atoms with van der Waals surface area (Å²) in [7, 11) is 0. The first-order valence-electron chi connectivity index (χ1n) is 11.7. The maximum Gasteiger partial charge on any atom is 0.290 e. The minimum Gasteiger partial charge on any atom is -0.503 e. The molecule has 1 amide bonds. The van der Waals surface area contributed by atoms with Crippen LogP contribution in [0.2, 0.25) is 0 Å². The average molecular weight is 453 g/mol. The Bertz CT molecular complexity index is 1030. The average Bonchev–Trinajstić information content (AvgIpc) is 3.34. The number of aliphatic hydroxyl groups is 1. The highest BCUT2D eigenvalue weighted by atomic mass is 16.5. The highest BCUT2D eigenvalue weighted by Crippen LogP contribution is 2.39. The minimum atomic E-state index is -0.687. The number of aliphatic hydroxyl groups excluding tert-OH is 1. The van der Waals surface area contributed by atoms with Gasteiger partial charge in [-0.25, -0.2) is 0 Å². The lowest BCUT2D eigenvalue weighted by molar-refractivity contribution is -0.129. The van der Waals surface area contributed by atoms with Crippen LogP contribution < -0.4 is 4.74 Å². The Kier molecular flexibility index (Phi) is 6.88.